The van der Waals surface area contributed by atoms with Crippen LogP contribution in [0, 0.1) is 0 Å². The Labute approximate surface area is 114 Å². The Morgan fingerprint density at radius 3 is 3.05 bits per heavy atom. The standard InChI is InChI=1S/C13H15NO4S/c15-11(16)4-3-9-5-7-19-12(9)13(17)14-10-2-1-6-18-8-10/h3-5,7,10H,1-2,6,8H2,(H,14,17)(H,15,16). The average Bonchev–Trinajstić information content (AvgIpc) is 2.86. The van der Waals surface area contributed by atoms with Gasteiger partial charge in [0.1, 0.15) is 0 Å². The minimum atomic E-state index is -1.03. The van der Waals surface area contributed by atoms with Crippen molar-refractivity contribution < 1.29 is 19.4 Å². The fourth-order valence-corrected chi connectivity index (χ4v) is 2.69. The molecule has 2 heterocycles. The molecule has 5 nitrogen and oxygen atoms in total. The van der Waals surface area contributed by atoms with E-state index < -0.39 is 5.97 Å². The van der Waals surface area contributed by atoms with E-state index in [1.54, 1.807) is 11.4 Å². The van der Waals surface area contributed by atoms with Crippen molar-refractivity contribution in [2.24, 2.45) is 0 Å². The van der Waals surface area contributed by atoms with Gasteiger partial charge >= 0.3 is 5.97 Å². The molecular weight excluding hydrogens is 266 g/mol. The van der Waals surface area contributed by atoms with Crippen LogP contribution in [0.15, 0.2) is 17.5 Å². The van der Waals surface area contributed by atoms with Gasteiger partial charge in [-0.3, -0.25) is 4.79 Å². The molecule has 1 aliphatic heterocycles. The maximum atomic E-state index is 12.1. The first-order valence-electron chi connectivity index (χ1n) is 6.04. The second-order valence-corrected chi connectivity index (χ2v) is 5.18. The summed E-state index contributed by atoms with van der Waals surface area (Å²) in [7, 11) is 0. The topological polar surface area (TPSA) is 75.6 Å². The van der Waals surface area contributed by atoms with Crippen molar-refractivity contribution in [1.82, 2.24) is 5.32 Å². The molecule has 1 saturated heterocycles. The third-order valence-corrected chi connectivity index (χ3v) is 3.73. The van der Waals surface area contributed by atoms with Crippen LogP contribution in [-0.2, 0) is 9.53 Å². The molecule has 0 aromatic carbocycles. The maximum absolute atomic E-state index is 12.1. The summed E-state index contributed by atoms with van der Waals surface area (Å²) < 4.78 is 5.31. The molecule has 1 amide bonds. The summed E-state index contributed by atoms with van der Waals surface area (Å²) in [5.41, 5.74) is 0.627. The lowest BCUT2D eigenvalue weighted by molar-refractivity contribution is -0.131. The number of hydrogen-bond acceptors (Lipinski definition) is 4. The van der Waals surface area contributed by atoms with Gasteiger partial charge in [0.2, 0.25) is 0 Å². The van der Waals surface area contributed by atoms with Crippen LogP contribution in [0.4, 0.5) is 0 Å². The third kappa shape index (κ3) is 3.90. The number of nitrogens with one attached hydrogen (secondary N) is 1. The Balaban J connectivity index is 2.02. The van der Waals surface area contributed by atoms with Crippen molar-refractivity contribution in [2.75, 3.05) is 13.2 Å². The molecule has 0 bridgehead atoms. The molecule has 6 heteroatoms. The summed E-state index contributed by atoms with van der Waals surface area (Å²) in [6.45, 7) is 1.29. The van der Waals surface area contributed by atoms with Crippen LogP contribution in [0.1, 0.15) is 28.1 Å². The number of carboxylic acid groups (broad SMARTS) is 1. The van der Waals surface area contributed by atoms with Crippen molar-refractivity contribution >= 4 is 29.3 Å². The van der Waals surface area contributed by atoms with Gasteiger partial charge in [0.05, 0.1) is 17.5 Å². The predicted molar refractivity (Wildman–Crippen MR) is 72.3 cm³/mol. The van der Waals surface area contributed by atoms with Gasteiger partial charge in [-0.2, -0.15) is 0 Å². The van der Waals surface area contributed by atoms with Gasteiger partial charge in [0.25, 0.3) is 5.91 Å². The lowest BCUT2D eigenvalue weighted by Gasteiger charge is -2.22. The fraction of sp³-hybridized carbons (Fsp3) is 0.385. The van der Waals surface area contributed by atoms with E-state index in [1.807, 2.05) is 0 Å². The van der Waals surface area contributed by atoms with E-state index in [-0.39, 0.29) is 11.9 Å². The number of carbonyl (C=O) groups is 2. The Bertz CT molecular complexity index is 489. The van der Waals surface area contributed by atoms with E-state index >= 15 is 0 Å². The number of hydrogen-bond donors (Lipinski definition) is 2. The first kappa shape index (κ1) is 13.8. The zero-order chi connectivity index (χ0) is 13.7. The Morgan fingerprint density at radius 2 is 2.37 bits per heavy atom. The number of rotatable bonds is 4. The highest BCUT2D eigenvalue weighted by Gasteiger charge is 2.19. The zero-order valence-corrected chi connectivity index (χ0v) is 11.1. The molecule has 1 fully saturated rings. The second-order valence-electron chi connectivity index (χ2n) is 4.26. The molecule has 1 aliphatic rings. The lowest BCUT2D eigenvalue weighted by Crippen LogP contribution is -2.40. The minimum Gasteiger partial charge on any atom is -0.478 e. The van der Waals surface area contributed by atoms with Crippen molar-refractivity contribution in [2.45, 2.75) is 18.9 Å². The zero-order valence-electron chi connectivity index (χ0n) is 10.3. The summed E-state index contributed by atoms with van der Waals surface area (Å²) in [6, 6.07) is 1.77. The minimum absolute atomic E-state index is 0.0413. The first-order valence-corrected chi connectivity index (χ1v) is 6.92. The van der Waals surface area contributed by atoms with E-state index in [0.717, 1.165) is 25.5 Å². The van der Waals surface area contributed by atoms with Gasteiger partial charge in [-0.25, -0.2) is 4.79 Å². The molecule has 2 N–H and O–H groups in total. The van der Waals surface area contributed by atoms with Crippen LogP contribution < -0.4 is 5.32 Å². The van der Waals surface area contributed by atoms with Crippen LogP contribution in [-0.4, -0.2) is 36.2 Å². The number of carbonyl (C=O) groups excluding carboxylic acids is 1. The maximum Gasteiger partial charge on any atom is 0.328 e. The van der Waals surface area contributed by atoms with E-state index in [0.29, 0.717) is 17.0 Å². The molecule has 2 rings (SSSR count). The molecule has 1 aromatic heterocycles. The summed E-state index contributed by atoms with van der Waals surface area (Å²) in [4.78, 5) is 23.1. The Hall–Kier alpha value is -1.66. The van der Waals surface area contributed by atoms with Gasteiger partial charge in [0, 0.05) is 12.7 Å². The fourth-order valence-electron chi connectivity index (χ4n) is 1.90. The van der Waals surface area contributed by atoms with Gasteiger partial charge in [0.15, 0.2) is 0 Å². The van der Waals surface area contributed by atoms with Crippen LogP contribution in [0.5, 0.6) is 0 Å². The van der Waals surface area contributed by atoms with E-state index in [2.05, 4.69) is 5.32 Å². The molecule has 0 aliphatic carbocycles. The number of aliphatic carboxylic acids is 1. The largest absolute Gasteiger partial charge is 0.478 e. The molecule has 0 saturated carbocycles. The average molecular weight is 281 g/mol. The SMILES string of the molecule is O=C(O)C=Cc1ccsc1C(=O)NC1CCCOC1. The van der Waals surface area contributed by atoms with E-state index in [1.165, 1.54) is 17.4 Å². The molecule has 1 aromatic rings. The summed E-state index contributed by atoms with van der Waals surface area (Å²) >= 11 is 1.30. The highest BCUT2D eigenvalue weighted by Crippen LogP contribution is 2.19. The lowest BCUT2D eigenvalue weighted by atomic mass is 10.1. The molecule has 0 spiro atoms. The monoisotopic (exact) mass is 281 g/mol. The van der Waals surface area contributed by atoms with Gasteiger partial charge in [-0.05, 0) is 35.9 Å². The van der Waals surface area contributed by atoms with Crippen molar-refractivity contribution in [3.05, 3.63) is 28.0 Å². The highest BCUT2D eigenvalue weighted by molar-refractivity contribution is 7.12. The number of carboxylic acids is 1. The van der Waals surface area contributed by atoms with Crippen LogP contribution in [0.3, 0.4) is 0 Å². The molecule has 19 heavy (non-hydrogen) atoms. The number of ether oxygens (including phenoxy) is 1. The van der Waals surface area contributed by atoms with Crippen LogP contribution in [0.25, 0.3) is 6.08 Å². The van der Waals surface area contributed by atoms with Gasteiger partial charge in [-0.1, -0.05) is 0 Å². The van der Waals surface area contributed by atoms with Crippen LogP contribution >= 0.6 is 11.3 Å². The Morgan fingerprint density at radius 1 is 1.53 bits per heavy atom. The molecule has 1 unspecified atom stereocenters. The second kappa shape index (κ2) is 6.49. The Kier molecular flexibility index (Phi) is 4.70. The van der Waals surface area contributed by atoms with Crippen LogP contribution in [0.2, 0.25) is 0 Å². The molecule has 1 atom stereocenters. The van der Waals surface area contributed by atoms with Crippen molar-refractivity contribution in [3.63, 3.8) is 0 Å². The highest BCUT2D eigenvalue weighted by atomic mass is 32.1. The van der Waals surface area contributed by atoms with Crippen molar-refractivity contribution in [3.8, 4) is 0 Å². The summed E-state index contributed by atoms with van der Waals surface area (Å²) in [6.07, 6.45) is 4.33. The molecule has 102 valence electrons. The number of thiophene rings is 1. The smallest absolute Gasteiger partial charge is 0.328 e. The first-order chi connectivity index (χ1) is 9.16. The summed E-state index contributed by atoms with van der Waals surface area (Å²) in [5, 5.41) is 13.3. The van der Waals surface area contributed by atoms with Gasteiger partial charge in [-0.15, -0.1) is 11.3 Å². The normalized spacial score (nSPS) is 19.5. The molecular formula is C13H15NO4S. The van der Waals surface area contributed by atoms with E-state index in [4.69, 9.17) is 9.84 Å². The van der Waals surface area contributed by atoms with Gasteiger partial charge < -0.3 is 15.2 Å². The summed E-state index contributed by atoms with van der Waals surface area (Å²) in [5.74, 6) is -1.20. The van der Waals surface area contributed by atoms with Crippen molar-refractivity contribution in [1.29, 1.82) is 0 Å². The number of amides is 1. The quantitative estimate of drug-likeness (QED) is 0.824. The predicted octanol–water partition coefficient (Wildman–Crippen LogP) is 1.75. The third-order valence-electron chi connectivity index (χ3n) is 2.80. The molecule has 0 radical (unpaired) electrons. The van der Waals surface area contributed by atoms with E-state index in [9.17, 15) is 9.59 Å².